The van der Waals surface area contributed by atoms with Gasteiger partial charge in [-0.3, -0.25) is 4.79 Å². The molecule has 2 aliphatic rings. The van der Waals surface area contributed by atoms with Gasteiger partial charge in [-0.15, -0.1) is 0 Å². The van der Waals surface area contributed by atoms with Crippen LogP contribution in [0.25, 0.3) is 0 Å². The topological polar surface area (TPSA) is 61.8 Å². The number of aldehydes is 1. The molecule has 0 radical (unpaired) electrons. The fraction of sp³-hybridized carbons (Fsp3) is 0.375. The molecule has 0 N–H and O–H groups in total. The molecule has 6 heteroatoms. The van der Waals surface area contributed by atoms with E-state index in [0.29, 0.717) is 18.8 Å². The second-order valence-electron chi connectivity index (χ2n) is 11.5. The average molecular weight is 531 g/mol. The number of hydrogen-bond donors (Lipinski definition) is 0. The van der Waals surface area contributed by atoms with Crippen molar-refractivity contribution in [1.29, 1.82) is 0 Å². The van der Waals surface area contributed by atoms with E-state index in [2.05, 4.69) is 82.3 Å². The van der Waals surface area contributed by atoms with Gasteiger partial charge in [0.1, 0.15) is 12.0 Å². The Bertz CT molecular complexity index is 1220. The molecule has 0 saturated heterocycles. The first-order chi connectivity index (χ1) is 18.0. The monoisotopic (exact) mass is 530 g/mol. The minimum absolute atomic E-state index is 0.0513. The zero-order chi connectivity index (χ0) is 27.6. The molecule has 3 atom stereocenters. The highest BCUT2D eigenvalue weighted by atomic mass is 28.4. The van der Waals surface area contributed by atoms with Gasteiger partial charge in [0.05, 0.1) is 25.2 Å². The Labute approximate surface area is 227 Å². The lowest BCUT2D eigenvalue weighted by Crippen LogP contribution is -2.66. The number of carbonyl (C=O) groups excluding carboxylic acids is 2. The van der Waals surface area contributed by atoms with E-state index < -0.39 is 25.3 Å². The zero-order valence-corrected chi connectivity index (χ0v) is 24.2. The standard InChI is InChI=1S/C32H38O5Si/c1-24-21-32(28(35-6)20-29(34)37-32)31(5,18-13-19-33)22-25(24)23-36-38(30(2,3)4,26-14-9-7-10-15-26)27-16-11-8-12-17-27/h7-20,22,24H,21,23H2,1-6H3/b18-13+/t24-,31-,32+/m0/s1. The van der Waals surface area contributed by atoms with Crippen LogP contribution < -0.4 is 10.4 Å². The van der Waals surface area contributed by atoms with Crippen LogP contribution >= 0.6 is 0 Å². The zero-order valence-electron chi connectivity index (χ0n) is 23.2. The molecule has 5 nitrogen and oxygen atoms in total. The first-order valence-corrected chi connectivity index (χ1v) is 15.0. The van der Waals surface area contributed by atoms with Crippen LogP contribution in [0.3, 0.4) is 0 Å². The maximum Gasteiger partial charge on any atom is 0.335 e. The van der Waals surface area contributed by atoms with Crippen molar-refractivity contribution in [3.8, 4) is 0 Å². The van der Waals surface area contributed by atoms with Crippen molar-refractivity contribution in [2.45, 2.75) is 51.7 Å². The number of rotatable bonds is 8. The Hall–Kier alpha value is -3.22. The number of allylic oxidation sites excluding steroid dienone is 1. The summed E-state index contributed by atoms with van der Waals surface area (Å²) in [6, 6.07) is 21.1. The molecule has 200 valence electrons. The van der Waals surface area contributed by atoms with Gasteiger partial charge in [0, 0.05) is 6.42 Å². The number of methoxy groups -OCH3 is 1. The number of carbonyl (C=O) groups is 2. The Morgan fingerprint density at radius 2 is 1.63 bits per heavy atom. The van der Waals surface area contributed by atoms with E-state index in [9.17, 15) is 9.59 Å². The molecule has 0 saturated carbocycles. The van der Waals surface area contributed by atoms with E-state index >= 15 is 0 Å². The first-order valence-electron chi connectivity index (χ1n) is 13.1. The number of ether oxygens (including phenoxy) is 2. The summed E-state index contributed by atoms with van der Waals surface area (Å²) in [5, 5.41) is 2.29. The van der Waals surface area contributed by atoms with Crippen molar-refractivity contribution < 1.29 is 23.5 Å². The highest BCUT2D eigenvalue weighted by molar-refractivity contribution is 6.99. The molecule has 38 heavy (non-hydrogen) atoms. The van der Waals surface area contributed by atoms with E-state index in [1.807, 2.05) is 19.1 Å². The van der Waals surface area contributed by atoms with E-state index in [1.54, 1.807) is 13.2 Å². The molecule has 2 aromatic carbocycles. The third-order valence-electron chi connectivity index (χ3n) is 8.12. The van der Waals surface area contributed by atoms with Gasteiger partial charge in [0.2, 0.25) is 0 Å². The third-order valence-corrected chi connectivity index (χ3v) is 13.1. The number of esters is 1. The van der Waals surface area contributed by atoms with Crippen molar-refractivity contribution in [3.63, 3.8) is 0 Å². The Morgan fingerprint density at radius 3 is 2.13 bits per heavy atom. The summed E-state index contributed by atoms with van der Waals surface area (Å²) in [6.45, 7) is 11.3. The SMILES string of the molecule is COC1=CC(=O)O[C@]12C[C@H](C)C(CO[Si](c1ccccc1)(c1ccccc1)C(C)(C)C)=C[C@]2(C)/C=C/C=O. The van der Waals surface area contributed by atoms with Crippen LogP contribution in [0, 0.1) is 11.3 Å². The molecule has 4 rings (SSSR count). The Morgan fingerprint density at radius 1 is 1.05 bits per heavy atom. The molecule has 0 aromatic heterocycles. The van der Waals surface area contributed by atoms with Gasteiger partial charge < -0.3 is 13.9 Å². The summed E-state index contributed by atoms with van der Waals surface area (Å²) in [6.07, 6.45) is 8.07. The number of benzene rings is 2. The molecule has 0 bridgehead atoms. The van der Waals surface area contributed by atoms with Gasteiger partial charge in [-0.2, -0.15) is 0 Å². The van der Waals surface area contributed by atoms with E-state index in [1.165, 1.54) is 22.5 Å². The average Bonchev–Trinajstić information content (AvgIpc) is 3.22. The molecule has 0 amide bonds. The second-order valence-corrected chi connectivity index (χ2v) is 15.8. The predicted molar refractivity (Wildman–Crippen MR) is 153 cm³/mol. The van der Waals surface area contributed by atoms with Gasteiger partial charge in [0.25, 0.3) is 8.32 Å². The van der Waals surface area contributed by atoms with Gasteiger partial charge >= 0.3 is 5.97 Å². The molecule has 1 aliphatic carbocycles. The van der Waals surface area contributed by atoms with Crippen LogP contribution in [0.5, 0.6) is 0 Å². The minimum Gasteiger partial charge on any atom is -0.497 e. The summed E-state index contributed by atoms with van der Waals surface area (Å²) < 4.78 is 18.8. The molecule has 1 heterocycles. The summed E-state index contributed by atoms with van der Waals surface area (Å²) in [5.41, 5.74) is -0.697. The van der Waals surface area contributed by atoms with Crippen molar-refractivity contribution >= 4 is 30.9 Å². The highest BCUT2D eigenvalue weighted by Crippen LogP contribution is 2.54. The lowest BCUT2D eigenvalue weighted by atomic mass is 9.62. The second kappa shape index (κ2) is 10.5. The van der Waals surface area contributed by atoms with Crippen molar-refractivity contribution in [2.75, 3.05) is 13.7 Å². The van der Waals surface area contributed by atoms with Gasteiger partial charge in [-0.25, -0.2) is 4.79 Å². The quantitative estimate of drug-likeness (QED) is 0.156. The van der Waals surface area contributed by atoms with Crippen LogP contribution in [0.1, 0.15) is 41.0 Å². The molecular formula is C32H38O5Si. The molecule has 1 spiro atoms. The Balaban J connectivity index is 1.81. The van der Waals surface area contributed by atoms with E-state index in [0.717, 1.165) is 11.9 Å². The van der Waals surface area contributed by atoms with E-state index in [-0.39, 0.29) is 11.0 Å². The maximum atomic E-state index is 12.4. The normalized spacial score (nSPS) is 25.7. The maximum absolute atomic E-state index is 12.4. The van der Waals surface area contributed by atoms with Crippen molar-refractivity contribution in [3.05, 3.63) is 96.3 Å². The van der Waals surface area contributed by atoms with Crippen LogP contribution in [0.2, 0.25) is 5.04 Å². The summed E-state index contributed by atoms with van der Waals surface area (Å²) in [5.74, 6) is 0.103. The largest absolute Gasteiger partial charge is 0.497 e. The van der Waals surface area contributed by atoms with Crippen LogP contribution in [-0.2, 0) is 23.5 Å². The van der Waals surface area contributed by atoms with Gasteiger partial charge in [-0.05, 0) is 39.9 Å². The van der Waals surface area contributed by atoms with Crippen molar-refractivity contribution in [2.24, 2.45) is 11.3 Å². The van der Waals surface area contributed by atoms with Crippen LogP contribution in [0.15, 0.2) is 96.3 Å². The highest BCUT2D eigenvalue weighted by Gasteiger charge is 2.59. The molecule has 0 fully saturated rings. The lowest BCUT2D eigenvalue weighted by molar-refractivity contribution is -0.157. The molecule has 0 unspecified atom stereocenters. The van der Waals surface area contributed by atoms with Crippen LogP contribution in [-0.4, -0.2) is 39.9 Å². The Kier molecular flexibility index (Phi) is 7.68. The lowest BCUT2D eigenvalue weighted by Gasteiger charge is -2.49. The van der Waals surface area contributed by atoms with E-state index in [4.69, 9.17) is 13.9 Å². The fourth-order valence-electron chi connectivity index (χ4n) is 6.20. The summed E-state index contributed by atoms with van der Waals surface area (Å²) >= 11 is 0. The molecule has 2 aromatic rings. The molecule has 1 aliphatic heterocycles. The van der Waals surface area contributed by atoms with Crippen LogP contribution in [0.4, 0.5) is 0 Å². The van der Waals surface area contributed by atoms with Gasteiger partial charge in [0.15, 0.2) is 5.60 Å². The molecular weight excluding hydrogens is 492 g/mol. The number of hydrogen-bond acceptors (Lipinski definition) is 5. The van der Waals surface area contributed by atoms with Gasteiger partial charge in [-0.1, -0.05) is 101 Å². The minimum atomic E-state index is -2.74. The summed E-state index contributed by atoms with van der Waals surface area (Å²) in [4.78, 5) is 23.8. The summed E-state index contributed by atoms with van der Waals surface area (Å²) in [7, 11) is -1.19. The third kappa shape index (κ3) is 4.61. The smallest absolute Gasteiger partial charge is 0.335 e. The predicted octanol–water partition coefficient (Wildman–Crippen LogP) is 5.12. The first kappa shape index (κ1) is 27.8. The fourth-order valence-corrected chi connectivity index (χ4v) is 10.7. The van der Waals surface area contributed by atoms with Crippen molar-refractivity contribution in [1.82, 2.24) is 0 Å².